The average molecular weight is 338 g/mol. The highest BCUT2D eigenvalue weighted by Gasteiger charge is 2.22. The quantitative estimate of drug-likeness (QED) is 0.416. The molecule has 0 unspecified atom stereocenters. The highest BCUT2D eigenvalue weighted by molar-refractivity contribution is 5.99. The van der Waals surface area contributed by atoms with Gasteiger partial charge in [-0.2, -0.15) is 0 Å². The second-order valence-corrected chi connectivity index (χ2v) is 5.95. The summed E-state index contributed by atoms with van der Waals surface area (Å²) in [5.74, 6) is 1.67. The van der Waals surface area contributed by atoms with Crippen LogP contribution in [0.15, 0.2) is 93.8 Å². The van der Waals surface area contributed by atoms with E-state index in [-0.39, 0.29) is 0 Å². The summed E-state index contributed by atoms with van der Waals surface area (Å²) in [4.78, 5) is 0. The summed E-state index contributed by atoms with van der Waals surface area (Å²) in [5, 5.41) is 9.47. The topological polar surface area (TPSA) is 52.1 Å². The fraction of sp³-hybridized carbons (Fsp3) is 0. The Morgan fingerprint density at radius 3 is 1.92 bits per heavy atom. The van der Waals surface area contributed by atoms with Gasteiger partial charge in [0, 0.05) is 16.5 Å². The largest absolute Gasteiger partial charge is 0.455 e. The standard InChI is InChI=1S/C22H14N2O2/c1-3-9-15(10-4-1)20-19(17-13-7-8-14-18(17)25-20)22-24-23-21(26-22)16-11-5-2-6-12-16/h1-14H. The van der Waals surface area contributed by atoms with Crippen molar-refractivity contribution in [2.24, 2.45) is 0 Å². The molecular weight excluding hydrogens is 324 g/mol. The molecule has 0 aliphatic rings. The molecule has 124 valence electrons. The summed E-state index contributed by atoms with van der Waals surface area (Å²) in [6.07, 6.45) is 0. The van der Waals surface area contributed by atoms with E-state index in [0.717, 1.165) is 33.4 Å². The van der Waals surface area contributed by atoms with Gasteiger partial charge in [-0.05, 0) is 18.2 Å². The van der Waals surface area contributed by atoms with Crippen LogP contribution in [0.1, 0.15) is 0 Å². The molecule has 0 aliphatic carbocycles. The highest BCUT2D eigenvalue weighted by atomic mass is 16.4. The molecule has 0 fully saturated rings. The van der Waals surface area contributed by atoms with Crippen LogP contribution in [0.4, 0.5) is 0 Å². The molecule has 26 heavy (non-hydrogen) atoms. The molecule has 5 rings (SSSR count). The summed E-state index contributed by atoms with van der Waals surface area (Å²) in [5.41, 5.74) is 3.47. The number of para-hydroxylation sites is 1. The van der Waals surface area contributed by atoms with E-state index in [1.165, 1.54) is 0 Å². The first-order valence-corrected chi connectivity index (χ1v) is 8.36. The predicted octanol–water partition coefficient (Wildman–Crippen LogP) is 5.82. The lowest BCUT2D eigenvalue weighted by molar-refractivity contribution is 0.581. The molecule has 2 aromatic heterocycles. The van der Waals surface area contributed by atoms with Gasteiger partial charge in [-0.3, -0.25) is 0 Å². The summed E-state index contributed by atoms with van der Waals surface area (Å²) >= 11 is 0. The SMILES string of the molecule is c1ccc(-c2nnc(-c3c(-c4ccccc4)oc4ccccc34)o2)cc1. The van der Waals surface area contributed by atoms with Gasteiger partial charge in [0.1, 0.15) is 11.3 Å². The van der Waals surface area contributed by atoms with E-state index in [2.05, 4.69) is 10.2 Å². The number of aromatic nitrogens is 2. The van der Waals surface area contributed by atoms with Gasteiger partial charge < -0.3 is 8.83 Å². The second-order valence-electron chi connectivity index (χ2n) is 5.95. The lowest BCUT2D eigenvalue weighted by atomic mass is 10.1. The van der Waals surface area contributed by atoms with E-state index in [1.807, 2.05) is 84.9 Å². The maximum atomic E-state index is 6.13. The Morgan fingerprint density at radius 1 is 0.538 bits per heavy atom. The van der Waals surface area contributed by atoms with Crippen LogP contribution in [0.5, 0.6) is 0 Å². The van der Waals surface area contributed by atoms with E-state index in [9.17, 15) is 0 Å². The summed E-state index contributed by atoms with van der Waals surface area (Å²) < 4.78 is 12.1. The number of hydrogen-bond donors (Lipinski definition) is 0. The molecule has 0 N–H and O–H groups in total. The van der Waals surface area contributed by atoms with Gasteiger partial charge in [0.15, 0.2) is 0 Å². The molecule has 3 aromatic carbocycles. The van der Waals surface area contributed by atoms with Crippen molar-refractivity contribution >= 4 is 11.0 Å². The minimum absolute atomic E-state index is 0.452. The summed E-state index contributed by atoms with van der Waals surface area (Å²) in [6, 6.07) is 27.6. The number of rotatable bonds is 3. The molecule has 0 saturated carbocycles. The van der Waals surface area contributed by atoms with E-state index < -0.39 is 0 Å². The van der Waals surface area contributed by atoms with Gasteiger partial charge in [0.05, 0.1) is 5.56 Å². The van der Waals surface area contributed by atoms with Crippen LogP contribution in [0.3, 0.4) is 0 Å². The zero-order chi connectivity index (χ0) is 17.3. The minimum atomic E-state index is 0.452. The van der Waals surface area contributed by atoms with Gasteiger partial charge in [-0.1, -0.05) is 66.7 Å². The third-order valence-electron chi connectivity index (χ3n) is 4.29. The van der Waals surface area contributed by atoms with Crippen molar-refractivity contribution in [1.82, 2.24) is 10.2 Å². The van der Waals surface area contributed by atoms with E-state index in [4.69, 9.17) is 8.83 Å². The van der Waals surface area contributed by atoms with E-state index in [1.54, 1.807) is 0 Å². The van der Waals surface area contributed by atoms with Crippen molar-refractivity contribution in [2.75, 3.05) is 0 Å². The van der Waals surface area contributed by atoms with Crippen LogP contribution in [-0.4, -0.2) is 10.2 Å². The normalized spacial score (nSPS) is 11.1. The van der Waals surface area contributed by atoms with Gasteiger partial charge in [-0.25, -0.2) is 0 Å². The molecule has 0 aliphatic heterocycles. The Morgan fingerprint density at radius 2 is 1.15 bits per heavy atom. The zero-order valence-electron chi connectivity index (χ0n) is 13.8. The molecule has 0 atom stereocenters. The highest BCUT2D eigenvalue weighted by Crippen LogP contribution is 2.40. The maximum absolute atomic E-state index is 6.13. The monoisotopic (exact) mass is 338 g/mol. The summed E-state index contributed by atoms with van der Waals surface area (Å²) in [7, 11) is 0. The van der Waals surface area contributed by atoms with Crippen LogP contribution in [0, 0.1) is 0 Å². The summed E-state index contributed by atoms with van der Waals surface area (Å²) in [6.45, 7) is 0. The second kappa shape index (κ2) is 6.01. The van der Waals surface area contributed by atoms with E-state index >= 15 is 0 Å². The van der Waals surface area contributed by atoms with Crippen molar-refractivity contribution in [3.05, 3.63) is 84.9 Å². The Kier molecular flexibility index (Phi) is 3.39. The van der Waals surface area contributed by atoms with Crippen LogP contribution >= 0.6 is 0 Å². The van der Waals surface area contributed by atoms with Crippen LogP contribution in [0.2, 0.25) is 0 Å². The molecular formula is C22H14N2O2. The maximum Gasteiger partial charge on any atom is 0.252 e. The Balaban J connectivity index is 1.73. The lowest BCUT2D eigenvalue weighted by Crippen LogP contribution is -1.81. The number of furan rings is 1. The van der Waals surface area contributed by atoms with Crippen molar-refractivity contribution in [2.45, 2.75) is 0 Å². The van der Waals surface area contributed by atoms with Crippen molar-refractivity contribution in [1.29, 1.82) is 0 Å². The third kappa shape index (κ3) is 2.40. The Labute approximate surface area is 149 Å². The fourth-order valence-corrected chi connectivity index (χ4v) is 3.07. The molecule has 2 heterocycles. The average Bonchev–Trinajstić information content (AvgIpc) is 3.34. The third-order valence-corrected chi connectivity index (χ3v) is 4.29. The van der Waals surface area contributed by atoms with Crippen LogP contribution < -0.4 is 0 Å². The number of fused-ring (bicyclic) bond motifs is 1. The van der Waals surface area contributed by atoms with E-state index in [0.29, 0.717) is 11.8 Å². The van der Waals surface area contributed by atoms with Gasteiger partial charge in [-0.15, -0.1) is 10.2 Å². The molecule has 4 heteroatoms. The van der Waals surface area contributed by atoms with Crippen molar-refractivity contribution in [3.63, 3.8) is 0 Å². The molecule has 5 aromatic rings. The number of benzene rings is 3. The lowest BCUT2D eigenvalue weighted by Gasteiger charge is -1.99. The van der Waals surface area contributed by atoms with Gasteiger partial charge in [0.2, 0.25) is 5.89 Å². The molecule has 4 nitrogen and oxygen atoms in total. The minimum Gasteiger partial charge on any atom is -0.455 e. The van der Waals surface area contributed by atoms with Crippen LogP contribution in [-0.2, 0) is 0 Å². The molecule has 0 spiro atoms. The van der Waals surface area contributed by atoms with Crippen molar-refractivity contribution in [3.8, 4) is 34.2 Å². The Bertz CT molecular complexity index is 1170. The Hall–Kier alpha value is -3.66. The molecule has 0 amide bonds. The first-order chi connectivity index (χ1) is 12.9. The molecule has 0 saturated heterocycles. The molecule has 0 radical (unpaired) electrons. The fourth-order valence-electron chi connectivity index (χ4n) is 3.07. The first-order valence-electron chi connectivity index (χ1n) is 8.36. The smallest absolute Gasteiger partial charge is 0.252 e. The van der Waals surface area contributed by atoms with Gasteiger partial charge >= 0.3 is 0 Å². The van der Waals surface area contributed by atoms with Crippen molar-refractivity contribution < 1.29 is 8.83 Å². The van der Waals surface area contributed by atoms with Gasteiger partial charge in [0.25, 0.3) is 5.89 Å². The molecule has 0 bridgehead atoms. The number of hydrogen-bond acceptors (Lipinski definition) is 4. The number of nitrogens with zero attached hydrogens (tertiary/aromatic N) is 2. The zero-order valence-corrected chi connectivity index (χ0v) is 13.8. The van der Waals surface area contributed by atoms with Crippen LogP contribution in [0.25, 0.3) is 45.2 Å². The predicted molar refractivity (Wildman–Crippen MR) is 100 cm³/mol. The first kappa shape index (κ1) is 14.7.